The smallest absolute Gasteiger partial charge is 0.264 e. The summed E-state index contributed by atoms with van der Waals surface area (Å²) in [4.78, 5) is 33.4. The van der Waals surface area contributed by atoms with E-state index >= 15 is 0 Å². The van der Waals surface area contributed by atoms with Crippen molar-refractivity contribution in [1.82, 2.24) is 9.44 Å². The maximum absolute atomic E-state index is 15.0. The second-order valence-corrected chi connectivity index (χ2v) is 30.9. The van der Waals surface area contributed by atoms with Gasteiger partial charge in [-0.15, -0.1) is 0 Å². The number of hydrogen-bond donors (Lipinski definition) is 6. The first-order valence-corrected chi connectivity index (χ1v) is 34.8. The van der Waals surface area contributed by atoms with Crippen LogP contribution in [0.3, 0.4) is 0 Å². The molecule has 0 radical (unpaired) electrons. The van der Waals surface area contributed by atoms with Gasteiger partial charge in [0.15, 0.2) is 0 Å². The van der Waals surface area contributed by atoms with Gasteiger partial charge in [0.05, 0.1) is 41.7 Å². The van der Waals surface area contributed by atoms with E-state index in [-0.39, 0.29) is 85.3 Å². The Balaban J connectivity index is 1.02. The van der Waals surface area contributed by atoms with E-state index in [9.17, 15) is 46.9 Å². The predicted molar refractivity (Wildman–Crippen MR) is 332 cm³/mol. The zero-order valence-corrected chi connectivity index (χ0v) is 52.1. The molecule has 11 atom stereocenters. The third-order valence-electron chi connectivity index (χ3n) is 21.1. The van der Waals surface area contributed by atoms with Crippen LogP contribution in [-0.2, 0) is 43.7 Å². The number of rotatable bonds is 5. The van der Waals surface area contributed by atoms with Gasteiger partial charge >= 0.3 is 0 Å². The molecule has 4 aliphatic carbocycles. The summed E-state index contributed by atoms with van der Waals surface area (Å²) in [6, 6.07) is 19.9. The number of carbonyl (C=O) groups is 2. The van der Waals surface area contributed by atoms with E-state index < -0.39 is 83.0 Å². The van der Waals surface area contributed by atoms with Crippen molar-refractivity contribution in [3.63, 3.8) is 0 Å². The first-order chi connectivity index (χ1) is 41.1. The molecule has 0 aromatic heterocycles. The van der Waals surface area contributed by atoms with Gasteiger partial charge in [-0.2, -0.15) is 0 Å². The molecule has 6 N–H and O–H groups in total. The molecule has 16 nitrogen and oxygen atoms in total. The third kappa shape index (κ3) is 11.2. The number of benzene rings is 4. The molecule has 4 aliphatic heterocycles. The molecule has 2 fully saturated rings. The number of nitrogens with zero attached hydrogens (tertiary/aromatic N) is 2. The van der Waals surface area contributed by atoms with Crippen LogP contribution in [0, 0.1) is 23.7 Å². The number of amides is 2. The standard InChI is InChI=1S/C66H80Cl2N4O12S2/c1-3-49-13-5-7-27-65(77,38-73)54-20-15-44(54)34-72-37-64(26-10-12-42-30-48(68)19-23-53(42)64)40-84-59-51(31-46(33-57(59)72)62(76)70-86(49,81)82)60(74)66(78)28-8-6-14-50(4-2)85(79,80)69-61(75)43-17-24-58-56(32-43)71(35-45-16-21-55(45)66)36-63(39-83-58)25-9-11-41-29-47(67)18-22-52(41)63/h7-8,17-19,22-24,27-33,44-45,49-50,54-55,60,73-74,77-78H,3-6,9-16,20-21,25-26,34-40H2,1-2H3,(H,69,75)(H,70,76)/b27-7+,28-8+/t44-,45-,49+,50+,54+,55+,60?,63-,64-,65+,66+/m0/s1. The molecule has 8 aliphatic rings. The van der Waals surface area contributed by atoms with E-state index in [0.717, 1.165) is 60.8 Å². The maximum Gasteiger partial charge on any atom is 0.264 e. The molecule has 2 amide bonds. The lowest BCUT2D eigenvalue weighted by Crippen LogP contribution is -2.54. The fourth-order valence-corrected chi connectivity index (χ4v) is 19.3. The number of hydrogen-bond acceptors (Lipinski definition) is 14. The van der Waals surface area contributed by atoms with Crippen LogP contribution in [0.4, 0.5) is 11.4 Å². The van der Waals surface area contributed by atoms with E-state index in [2.05, 4.69) is 25.3 Å². The predicted octanol–water partition coefficient (Wildman–Crippen LogP) is 9.56. The highest BCUT2D eigenvalue weighted by molar-refractivity contribution is 7.91. The minimum Gasteiger partial charge on any atom is -0.490 e. The first-order valence-electron chi connectivity index (χ1n) is 31.0. The Hall–Kier alpha value is -5.18. The van der Waals surface area contributed by atoms with Crippen molar-refractivity contribution < 1.29 is 56.3 Å². The summed E-state index contributed by atoms with van der Waals surface area (Å²) in [5.41, 5.74) is 0.522. The Bertz CT molecular complexity index is 3600. The van der Waals surface area contributed by atoms with E-state index in [1.807, 2.05) is 30.3 Å². The number of halogens is 2. The molecule has 86 heavy (non-hydrogen) atoms. The lowest BCUT2D eigenvalue weighted by atomic mass is 9.61. The molecule has 20 heteroatoms. The third-order valence-corrected chi connectivity index (χ3v) is 25.4. The van der Waals surface area contributed by atoms with Crippen molar-refractivity contribution in [2.75, 3.05) is 55.8 Å². The second-order valence-electron chi connectivity index (χ2n) is 26.1. The zero-order valence-electron chi connectivity index (χ0n) is 49.0. The summed E-state index contributed by atoms with van der Waals surface area (Å²) in [7, 11) is -8.57. The number of ether oxygens (including phenoxy) is 2. The van der Waals surface area contributed by atoms with Gasteiger partial charge in [-0.1, -0.05) is 73.5 Å². The van der Waals surface area contributed by atoms with Crippen LogP contribution in [0.15, 0.2) is 91.0 Å². The molecule has 4 bridgehead atoms. The molecule has 4 heterocycles. The van der Waals surface area contributed by atoms with Gasteiger partial charge in [-0.05, 0) is 203 Å². The van der Waals surface area contributed by atoms with Crippen molar-refractivity contribution >= 4 is 66.4 Å². The highest BCUT2D eigenvalue weighted by Gasteiger charge is 2.54. The summed E-state index contributed by atoms with van der Waals surface area (Å²) in [6.07, 6.45) is 13.0. The van der Waals surface area contributed by atoms with Gasteiger partial charge in [-0.25, -0.2) is 26.3 Å². The Morgan fingerprint density at radius 2 is 1.19 bits per heavy atom. The number of aryl methyl sites for hydroxylation is 2. The van der Waals surface area contributed by atoms with E-state index in [0.29, 0.717) is 85.6 Å². The number of aliphatic hydroxyl groups excluding tert-OH is 2. The van der Waals surface area contributed by atoms with Gasteiger partial charge in [0.2, 0.25) is 20.0 Å². The van der Waals surface area contributed by atoms with Crippen molar-refractivity contribution in [3.8, 4) is 11.5 Å². The number of nitrogens with one attached hydrogen (secondary N) is 2. The number of sulfonamides is 2. The van der Waals surface area contributed by atoms with Crippen molar-refractivity contribution in [1.29, 1.82) is 0 Å². The van der Waals surface area contributed by atoms with Gasteiger partial charge in [0.1, 0.15) is 28.8 Å². The zero-order chi connectivity index (χ0) is 60.6. The number of fused-ring (bicyclic) bond motifs is 8. The SMILES string of the molecule is CC[C@@H]1CC/C=C/[C@](O)(C(O)c2cc3cc4c2OC[C@]2(CCCc5cc(Cl)ccc52)CN4C[C@@H]2CC[C@H]2[C@](O)(CO)/C=C/CC[C@@H](CC)S(=O)(=O)NC3=O)[C@@H]2CC[C@H]2CN2C[C@@]3(CCCc4cc(Cl)ccc43)COc3ccc(cc32)C(=O)NS1(=O)=O. The molecule has 2 spiro atoms. The molecule has 0 saturated heterocycles. The summed E-state index contributed by atoms with van der Waals surface area (Å²) in [6.45, 7) is 4.83. The summed E-state index contributed by atoms with van der Waals surface area (Å²) in [5.74, 6) is -2.46. The summed E-state index contributed by atoms with van der Waals surface area (Å²) in [5, 5.41) is 50.2. The largest absolute Gasteiger partial charge is 0.490 e. The summed E-state index contributed by atoms with van der Waals surface area (Å²) >= 11 is 13.3. The monoisotopic (exact) mass is 1250 g/mol. The van der Waals surface area contributed by atoms with Gasteiger partial charge < -0.3 is 39.7 Å². The van der Waals surface area contributed by atoms with Crippen LogP contribution in [-0.4, -0.2) is 117 Å². The van der Waals surface area contributed by atoms with Crippen LogP contribution < -0.4 is 28.7 Å². The van der Waals surface area contributed by atoms with Crippen LogP contribution in [0.25, 0.3) is 0 Å². The molecule has 2 saturated carbocycles. The number of aliphatic hydroxyl groups is 4. The Kier molecular flexibility index (Phi) is 16.8. The fourth-order valence-electron chi connectivity index (χ4n) is 16.0. The molecular formula is C66H80Cl2N4O12S2. The van der Waals surface area contributed by atoms with Crippen molar-refractivity contribution in [2.24, 2.45) is 23.7 Å². The summed E-state index contributed by atoms with van der Waals surface area (Å²) < 4.78 is 75.8. The second kappa shape index (κ2) is 23.6. The van der Waals surface area contributed by atoms with Crippen LogP contribution in [0.2, 0.25) is 10.0 Å². The van der Waals surface area contributed by atoms with E-state index in [1.54, 1.807) is 62.4 Å². The topological polar surface area (TPSA) is 232 Å². The Morgan fingerprint density at radius 3 is 1.74 bits per heavy atom. The van der Waals surface area contributed by atoms with E-state index in [1.165, 1.54) is 6.07 Å². The quantitative estimate of drug-likeness (QED) is 0.102. The van der Waals surface area contributed by atoms with Gasteiger partial charge in [0, 0.05) is 63.7 Å². The van der Waals surface area contributed by atoms with Crippen molar-refractivity contribution in [3.05, 3.63) is 140 Å². The Morgan fingerprint density at radius 1 is 0.651 bits per heavy atom. The highest BCUT2D eigenvalue weighted by atomic mass is 35.5. The number of anilines is 2. The normalized spacial score (nSPS) is 33.4. The maximum atomic E-state index is 15.0. The average Bonchev–Trinajstić information content (AvgIpc) is 1.51. The highest BCUT2D eigenvalue weighted by Crippen LogP contribution is 2.55. The minimum atomic E-state index is -4.33. The molecule has 12 rings (SSSR count). The molecular weight excluding hydrogens is 1180 g/mol. The fraction of sp³-hybridized carbons (Fsp3) is 0.545. The van der Waals surface area contributed by atoms with Gasteiger partial charge in [0.25, 0.3) is 11.8 Å². The van der Waals surface area contributed by atoms with Crippen molar-refractivity contribution in [2.45, 2.75) is 155 Å². The van der Waals surface area contributed by atoms with Crippen LogP contribution in [0.1, 0.15) is 158 Å². The van der Waals surface area contributed by atoms with Crippen LogP contribution >= 0.6 is 23.2 Å². The average molecular weight is 1260 g/mol. The Labute approximate surface area is 515 Å². The van der Waals surface area contributed by atoms with Crippen LogP contribution in [0.5, 0.6) is 11.5 Å². The lowest BCUT2D eigenvalue weighted by molar-refractivity contribution is -0.123. The van der Waals surface area contributed by atoms with E-state index in [4.69, 9.17) is 32.7 Å². The molecule has 1 unspecified atom stereocenters. The molecule has 4 aromatic carbocycles. The van der Waals surface area contributed by atoms with Gasteiger partial charge in [-0.3, -0.25) is 9.59 Å². The molecule has 462 valence electrons. The first kappa shape index (κ1) is 61.1. The lowest BCUT2D eigenvalue weighted by Gasteiger charge is -2.50. The molecule has 4 aromatic rings. The number of carbonyl (C=O) groups excluding carboxylic acids is 2. The minimum absolute atomic E-state index is 0.0610. The number of allylic oxidation sites excluding steroid dienone is 2.